The number of primary amides is 1. The zero-order valence-electron chi connectivity index (χ0n) is 18.2. The number of benzene rings is 1. The zero-order valence-corrected chi connectivity index (χ0v) is 18.9. The smallest absolute Gasteiger partial charge is 0.267 e. The van der Waals surface area contributed by atoms with E-state index in [2.05, 4.69) is 30.0 Å². The molecule has 0 aliphatic carbocycles. The molecule has 3 aromatic heterocycles. The SMILES string of the molecule is CC(C)C(Cn1ccc(-c2ccc(C#N)c(Cl)c2)n1)n1nc(-c2cccnc2)cc1C(N)=O. The van der Waals surface area contributed by atoms with Gasteiger partial charge in [0.15, 0.2) is 0 Å². The average Bonchev–Trinajstić information content (AvgIpc) is 3.45. The molecule has 8 nitrogen and oxygen atoms in total. The highest BCUT2D eigenvalue weighted by atomic mass is 35.5. The maximum Gasteiger partial charge on any atom is 0.267 e. The summed E-state index contributed by atoms with van der Waals surface area (Å²) < 4.78 is 3.50. The quantitative estimate of drug-likeness (QED) is 0.441. The van der Waals surface area contributed by atoms with E-state index in [4.69, 9.17) is 27.7 Å². The Morgan fingerprint density at radius 1 is 1.15 bits per heavy atom. The number of carbonyl (C=O) groups is 1. The van der Waals surface area contributed by atoms with Gasteiger partial charge in [-0.15, -0.1) is 0 Å². The lowest BCUT2D eigenvalue weighted by atomic mass is 10.0. The third-order valence-electron chi connectivity index (χ3n) is 5.43. The van der Waals surface area contributed by atoms with Crippen molar-refractivity contribution in [2.75, 3.05) is 0 Å². The van der Waals surface area contributed by atoms with E-state index in [1.54, 1.807) is 35.3 Å². The van der Waals surface area contributed by atoms with Gasteiger partial charge in [0, 0.05) is 29.7 Å². The molecule has 1 amide bonds. The molecule has 0 spiro atoms. The van der Waals surface area contributed by atoms with E-state index in [-0.39, 0.29) is 12.0 Å². The molecule has 1 aromatic carbocycles. The Labute approximate surface area is 196 Å². The van der Waals surface area contributed by atoms with Gasteiger partial charge in [-0.3, -0.25) is 19.1 Å². The largest absolute Gasteiger partial charge is 0.364 e. The van der Waals surface area contributed by atoms with Crippen LogP contribution in [-0.2, 0) is 6.54 Å². The van der Waals surface area contributed by atoms with Gasteiger partial charge in [-0.2, -0.15) is 15.5 Å². The monoisotopic (exact) mass is 459 g/mol. The van der Waals surface area contributed by atoms with Crippen molar-refractivity contribution in [1.82, 2.24) is 24.5 Å². The molecule has 0 saturated heterocycles. The number of aromatic nitrogens is 5. The molecule has 1 atom stereocenters. The summed E-state index contributed by atoms with van der Waals surface area (Å²) in [6, 6.07) is 14.4. The second-order valence-electron chi connectivity index (χ2n) is 8.01. The normalized spacial score (nSPS) is 12.0. The van der Waals surface area contributed by atoms with Crippen LogP contribution in [0.15, 0.2) is 61.1 Å². The summed E-state index contributed by atoms with van der Waals surface area (Å²) in [5.41, 5.74) is 9.42. The Kier molecular flexibility index (Phi) is 6.24. The summed E-state index contributed by atoms with van der Waals surface area (Å²) in [6.45, 7) is 4.60. The lowest BCUT2D eigenvalue weighted by molar-refractivity contribution is 0.0983. The molecular formula is C24H22ClN7O. The van der Waals surface area contributed by atoms with Gasteiger partial charge in [0.05, 0.1) is 34.6 Å². The van der Waals surface area contributed by atoms with Crippen molar-refractivity contribution in [3.8, 4) is 28.6 Å². The third-order valence-corrected chi connectivity index (χ3v) is 5.74. The molecule has 166 valence electrons. The summed E-state index contributed by atoms with van der Waals surface area (Å²) in [7, 11) is 0. The Morgan fingerprint density at radius 2 is 1.97 bits per heavy atom. The van der Waals surface area contributed by atoms with E-state index >= 15 is 0 Å². The van der Waals surface area contributed by atoms with Gasteiger partial charge in [-0.1, -0.05) is 31.5 Å². The van der Waals surface area contributed by atoms with E-state index in [1.165, 1.54) is 0 Å². The molecule has 0 aliphatic heterocycles. The van der Waals surface area contributed by atoms with Crippen LogP contribution in [0, 0.1) is 17.2 Å². The number of carbonyl (C=O) groups excluding carboxylic acids is 1. The van der Waals surface area contributed by atoms with Crippen LogP contribution >= 0.6 is 11.6 Å². The van der Waals surface area contributed by atoms with Gasteiger partial charge in [0.1, 0.15) is 11.8 Å². The van der Waals surface area contributed by atoms with Crippen molar-refractivity contribution in [3.63, 3.8) is 0 Å². The standard InChI is InChI=1S/C24H22ClN7O/c1-15(2)23(32-22(24(27)33)11-21(30-32)18-4-3-8-28-13-18)14-31-9-7-20(29-31)16-5-6-17(12-26)19(25)10-16/h3-11,13,15,23H,14H2,1-2H3,(H2,27,33). The molecule has 0 fully saturated rings. The minimum absolute atomic E-state index is 0.141. The average molecular weight is 460 g/mol. The molecule has 4 aromatic rings. The van der Waals surface area contributed by atoms with Crippen molar-refractivity contribution in [2.24, 2.45) is 11.7 Å². The number of rotatable bonds is 7. The molecular weight excluding hydrogens is 438 g/mol. The fourth-order valence-corrected chi connectivity index (χ4v) is 3.85. The van der Waals surface area contributed by atoms with E-state index in [1.807, 2.05) is 35.1 Å². The van der Waals surface area contributed by atoms with Gasteiger partial charge in [-0.25, -0.2) is 0 Å². The van der Waals surface area contributed by atoms with Crippen LogP contribution in [0.2, 0.25) is 5.02 Å². The highest BCUT2D eigenvalue weighted by Crippen LogP contribution is 2.27. The molecule has 33 heavy (non-hydrogen) atoms. The number of amides is 1. The van der Waals surface area contributed by atoms with Crippen LogP contribution in [0.1, 0.15) is 35.9 Å². The number of nitriles is 1. The zero-order chi connectivity index (χ0) is 23.5. The van der Waals surface area contributed by atoms with Crippen molar-refractivity contribution in [2.45, 2.75) is 26.4 Å². The predicted octanol–water partition coefficient (Wildman–Crippen LogP) is 4.33. The summed E-state index contributed by atoms with van der Waals surface area (Å²) in [5.74, 6) is -0.404. The van der Waals surface area contributed by atoms with E-state index < -0.39 is 5.91 Å². The molecule has 4 rings (SSSR count). The highest BCUT2D eigenvalue weighted by molar-refractivity contribution is 6.32. The predicted molar refractivity (Wildman–Crippen MR) is 125 cm³/mol. The summed E-state index contributed by atoms with van der Waals surface area (Å²) in [4.78, 5) is 16.3. The van der Waals surface area contributed by atoms with Crippen molar-refractivity contribution in [3.05, 3.63) is 77.3 Å². The molecule has 0 saturated carbocycles. The molecule has 0 bridgehead atoms. The number of halogens is 1. The summed E-state index contributed by atoms with van der Waals surface area (Å²) >= 11 is 6.18. The molecule has 0 aliphatic rings. The van der Waals surface area contributed by atoms with Crippen LogP contribution in [0.25, 0.3) is 22.5 Å². The Balaban J connectivity index is 1.66. The lowest BCUT2D eigenvalue weighted by Gasteiger charge is -2.23. The number of pyridine rings is 1. The highest BCUT2D eigenvalue weighted by Gasteiger charge is 2.24. The molecule has 1 unspecified atom stereocenters. The first-order valence-corrected chi connectivity index (χ1v) is 10.8. The van der Waals surface area contributed by atoms with Gasteiger partial charge in [-0.05, 0) is 42.3 Å². The number of nitrogens with zero attached hydrogens (tertiary/aromatic N) is 6. The summed E-state index contributed by atoms with van der Waals surface area (Å²) in [5, 5.41) is 18.8. The lowest BCUT2D eigenvalue weighted by Crippen LogP contribution is -2.27. The first-order valence-electron chi connectivity index (χ1n) is 10.4. The minimum Gasteiger partial charge on any atom is -0.364 e. The topological polar surface area (TPSA) is 115 Å². The van der Waals surface area contributed by atoms with Gasteiger partial charge >= 0.3 is 0 Å². The second-order valence-corrected chi connectivity index (χ2v) is 8.41. The first kappa shape index (κ1) is 22.2. The van der Waals surface area contributed by atoms with Crippen LogP contribution in [-0.4, -0.2) is 30.5 Å². The fourth-order valence-electron chi connectivity index (χ4n) is 3.63. The number of hydrogen-bond donors (Lipinski definition) is 1. The van der Waals surface area contributed by atoms with Gasteiger partial charge in [0.25, 0.3) is 5.91 Å². The second kappa shape index (κ2) is 9.27. The van der Waals surface area contributed by atoms with Crippen molar-refractivity contribution < 1.29 is 4.79 Å². The Morgan fingerprint density at radius 3 is 2.61 bits per heavy atom. The first-order chi connectivity index (χ1) is 15.9. The minimum atomic E-state index is -0.545. The number of hydrogen-bond acceptors (Lipinski definition) is 5. The molecule has 0 radical (unpaired) electrons. The van der Waals surface area contributed by atoms with Crippen LogP contribution in [0.3, 0.4) is 0 Å². The van der Waals surface area contributed by atoms with Crippen molar-refractivity contribution in [1.29, 1.82) is 5.26 Å². The van der Waals surface area contributed by atoms with E-state index in [0.717, 1.165) is 16.8 Å². The summed E-state index contributed by atoms with van der Waals surface area (Å²) in [6.07, 6.45) is 5.25. The molecule has 3 heterocycles. The van der Waals surface area contributed by atoms with Gasteiger partial charge < -0.3 is 5.73 Å². The van der Waals surface area contributed by atoms with Crippen molar-refractivity contribution >= 4 is 17.5 Å². The van der Waals surface area contributed by atoms with Crippen LogP contribution in [0.4, 0.5) is 0 Å². The maximum atomic E-state index is 12.2. The fraction of sp³-hybridized carbons (Fsp3) is 0.208. The molecule has 2 N–H and O–H groups in total. The van der Waals surface area contributed by atoms with Crippen LogP contribution in [0.5, 0.6) is 0 Å². The van der Waals surface area contributed by atoms with E-state index in [9.17, 15) is 4.79 Å². The molecule has 9 heteroatoms. The Hall–Kier alpha value is -3.96. The van der Waals surface area contributed by atoms with Crippen LogP contribution < -0.4 is 5.73 Å². The Bertz CT molecular complexity index is 1330. The number of nitrogens with two attached hydrogens (primary N) is 1. The van der Waals surface area contributed by atoms with E-state index in [0.29, 0.717) is 28.5 Å². The maximum absolute atomic E-state index is 12.2. The third kappa shape index (κ3) is 4.64. The van der Waals surface area contributed by atoms with Gasteiger partial charge in [0.2, 0.25) is 0 Å².